The standard InChI is InChI=1S/C31H35ClN4O5/c1-34-25-10-5-4-9-22(25)24(33-34)18-41-27-13-12-23(32)21-14-16-36(26(29(21)27)17-35-15-6-11-28(35)37)30(38)19-7-2-3-8-20(19)31(39)40/h4-5,9-10,12-13,19-20,26H,2-3,6-8,11,14-18H2,1H3,(H,39,40)/t19?,20-,26-/m1/s1. The smallest absolute Gasteiger partial charge is 0.307 e. The number of ether oxygens (including phenoxy) is 1. The Kier molecular flexibility index (Phi) is 7.64. The van der Waals surface area contributed by atoms with Crippen LogP contribution in [-0.4, -0.2) is 62.1 Å². The van der Waals surface area contributed by atoms with Crippen LogP contribution in [0.15, 0.2) is 36.4 Å². The van der Waals surface area contributed by atoms with Crippen LogP contribution >= 0.6 is 11.6 Å². The SMILES string of the molecule is Cn1nc(COc2ccc(Cl)c3c2[C@@H](CN2CCCC2=O)N(C(=O)C2CCCC[C@H]2C(=O)O)CC3)c2ccccc21. The Hall–Kier alpha value is -3.59. The van der Waals surface area contributed by atoms with Crippen molar-refractivity contribution in [2.24, 2.45) is 18.9 Å². The van der Waals surface area contributed by atoms with Crippen LogP contribution in [0.25, 0.3) is 10.9 Å². The number of aromatic nitrogens is 2. The van der Waals surface area contributed by atoms with Crippen LogP contribution in [0.2, 0.25) is 5.02 Å². The molecule has 0 bridgehead atoms. The number of aliphatic carboxylic acids is 1. The Morgan fingerprint density at radius 3 is 2.59 bits per heavy atom. The lowest BCUT2D eigenvalue weighted by Gasteiger charge is -2.43. The summed E-state index contributed by atoms with van der Waals surface area (Å²) in [5, 5.41) is 16.2. The molecule has 3 aliphatic rings. The van der Waals surface area contributed by atoms with Crippen molar-refractivity contribution in [3.8, 4) is 5.75 Å². The highest BCUT2D eigenvalue weighted by molar-refractivity contribution is 6.31. The van der Waals surface area contributed by atoms with Gasteiger partial charge in [-0.15, -0.1) is 0 Å². The average molecular weight is 579 g/mol. The van der Waals surface area contributed by atoms with Gasteiger partial charge < -0.3 is 19.6 Å². The highest BCUT2D eigenvalue weighted by atomic mass is 35.5. The molecule has 3 atom stereocenters. The summed E-state index contributed by atoms with van der Waals surface area (Å²) in [6.45, 7) is 1.59. The Balaban J connectivity index is 1.37. The summed E-state index contributed by atoms with van der Waals surface area (Å²) in [7, 11) is 1.90. The first-order valence-corrected chi connectivity index (χ1v) is 14.9. The van der Waals surface area contributed by atoms with E-state index in [-0.39, 0.29) is 18.4 Å². The van der Waals surface area contributed by atoms with Crippen LogP contribution in [0, 0.1) is 11.8 Å². The fraction of sp³-hybridized carbons (Fsp3) is 0.484. The summed E-state index contributed by atoms with van der Waals surface area (Å²) < 4.78 is 8.28. The molecule has 2 fully saturated rings. The number of halogens is 1. The first-order chi connectivity index (χ1) is 19.8. The molecule has 216 valence electrons. The van der Waals surface area contributed by atoms with Gasteiger partial charge in [-0.25, -0.2) is 0 Å². The van der Waals surface area contributed by atoms with Crippen molar-refractivity contribution in [2.45, 2.75) is 57.6 Å². The number of likely N-dealkylation sites (tertiary alicyclic amines) is 1. The van der Waals surface area contributed by atoms with Gasteiger partial charge in [-0.3, -0.25) is 19.1 Å². The normalized spacial score (nSPS) is 22.7. The first kappa shape index (κ1) is 27.6. The van der Waals surface area contributed by atoms with Gasteiger partial charge in [0.15, 0.2) is 0 Å². The highest BCUT2D eigenvalue weighted by Gasteiger charge is 2.43. The van der Waals surface area contributed by atoms with Crippen LogP contribution in [0.5, 0.6) is 5.75 Å². The van der Waals surface area contributed by atoms with E-state index in [2.05, 4.69) is 5.10 Å². The Bertz CT molecular complexity index is 1500. The molecule has 3 aromatic rings. The second kappa shape index (κ2) is 11.4. The third-order valence-corrected chi connectivity index (χ3v) is 9.37. The Morgan fingerprint density at radius 1 is 1.05 bits per heavy atom. The van der Waals surface area contributed by atoms with E-state index in [1.165, 1.54) is 0 Å². The molecule has 6 rings (SSSR count). The number of para-hydroxylation sites is 1. The number of nitrogens with zero attached hydrogens (tertiary/aromatic N) is 4. The van der Waals surface area contributed by atoms with Crippen LogP contribution < -0.4 is 4.74 Å². The molecule has 1 saturated carbocycles. The third kappa shape index (κ3) is 5.16. The van der Waals surface area contributed by atoms with E-state index in [4.69, 9.17) is 16.3 Å². The molecular weight excluding hydrogens is 544 g/mol. The molecule has 0 spiro atoms. The highest BCUT2D eigenvalue weighted by Crippen LogP contribution is 2.43. The number of carbonyl (C=O) groups excluding carboxylic acids is 2. The second-order valence-electron chi connectivity index (χ2n) is 11.4. The van der Waals surface area contributed by atoms with E-state index in [0.29, 0.717) is 56.1 Å². The Labute approximate surface area is 244 Å². The molecule has 2 aliphatic heterocycles. The number of benzene rings is 2. The van der Waals surface area contributed by atoms with Gasteiger partial charge in [-0.05, 0) is 49.4 Å². The minimum atomic E-state index is -0.915. The quantitative estimate of drug-likeness (QED) is 0.434. The van der Waals surface area contributed by atoms with Gasteiger partial charge in [0.2, 0.25) is 11.8 Å². The van der Waals surface area contributed by atoms with E-state index in [0.717, 1.165) is 47.0 Å². The van der Waals surface area contributed by atoms with Crippen LogP contribution in [0.3, 0.4) is 0 Å². The molecule has 2 aromatic carbocycles. The zero-order valence-corrected chi connectivity index (χ0v) is 24.0. The van der Waals surface area contributed by atoms with Crippen LogP contribution in [0.1, 0.15) is 61.4 Å². The molecule has 0 radical (unpaired) electrons. The molecule has 1 aromatic heterocycles. The molecule has 1 saturated heterocycles. The molecule has 1 aliphatic carbocycles. The number of fused-ring (bicyclic) bond motifs is 2. The van der Waals surface area contributed by atoms with Crippen molar-refractivity contribution in [1.82, 2.24) is 19.6 Å². The minimum absolute atomic E-state index is 0.0649. The first-order valence-electron chi connectivity index (χ1n) is 14.5. The van der Waals surface area contributed by atoms with Gasteiger partial charge in [0.1, 0.15) is 18.1 Å². The van der Waals surface area contributed by atoms with E-state index >= 15 is 0 Å². The number of hydrogen-bond donors (Lipinski definition) is 1. The fourth-order valence-corrected chi connectivity index (χ4v) is 7.20. The molecule has 1 unspecified atom stereocenters. The summed E-state index contributed by atoms with van der Waals surface area (Å²) >= 11 is 6.73. The monoisotopic (exact) mass is 578 g/mol. The lowest BCUT2D eigenvalue weighted by Crippen LogP contribution is -2.50. The second-order valence-corrected chi connectivity index (χ2v) is 11.8. The van der Waals surface area contributed by atoms with Gasteiger partial charge >= 0.3 is 5.97 Å². The summed E-state index contributed by atoms with van der Waals surface area (Å²) in [6.07, 6.45) is 4.50. The van der Waals surface area contributed by atoms with E-state index in [9.17, 15) is 19.5 Å². The largest absolute Gasteiger partial charge is 0.487 e. The lowest BCUT2D eigenvalue weighted by molar-refractivity contribution is -0.154. The predicted octanol–water partition coefficient (Wildman–Crippen LogP) is 4.74. The zero-order chi connectivity index (χ0) is 28.7. The number of rotatable bonds is 7. The number of hydrogen-bond acceptors (Lipinski definition) is 5. The predicted molar refractivity (Wildman–Crippen MR) is 154 cm³/mol. The zero-order valence-electron chi connectivity index (χ0n) is 23.2. The summed E-state index contributed by atoms with van der Waals surface area (Å²) in [5.41, 5.74) is 3.52. The molecule has 41 heavy (non-hydrogen) atoms. The molecule has 3 heterocycles. The maximum atomic E-state index is 14.1. The van der Waals surface area contributed by atoms with Gasteiger partial charge in [0.05, 0.1) is 23.4 Å². The van der Waals surface area contributed by atoms with Crippen molar-refractivity contribution < 1.29 is 24.2 Å². The average Bonchev–Trinajstić information content (AvgIpc) is 3.54. The van der Waals surface area contributed by atoms with Crippen LogP contribution in [0.4, 0.5) is 0 Å². The summed E-state index contributed by atoms with van der Waals surface area (Å²) in [4.78, 5) is 42.6. The number of aryl methyl sites for hydroxylation is 1. The molecule has 10 heteroatoms. The maximum Gasteiger partial charge on any atom is 0.307 e. The van der Waals surface area contributed by atoms with E-state index in [1.54, 1.807) is 4.90 Å². The number of carbonyl (C=O) groups is 3. The van der Waals surface area contributed by atoms with Gasteiger partial charge in [0.25, 0.3) is 0 Å². The van der Waals surface area contributed by atoms with Crippen molar-refractivity contribution in [3.05, 3.63) is 58.2 Å². The summed E-state index contributed by atoms with van der Waals surface area (Å²) in [5.74, 6) is -1.67. The lowest BCUT2D eigenvalue weighted by atomic mass is 9.77. The molecule has 9 nitrogen and oxygen atoms in total. The number of carboxylic acids is 1. The topological polar surface area (TPSA) is 105 Å². The number of carboxylic acid groups (broad SMARTS) is 1. The Morgan fingerprint density at radius 2 is 1.83 bits per heavy atom. The van der Waals surface area contributed by atoms with E-state index < -0.39 is 23.8 Å². The number of amides is 2. The van der Waals surface area contributed by atoms with Crippen molar-refractivity contribution in [2.75, 3.05) is 19.6 Å². The molecule has 1 N–H and O–H groups in total. The van der Waals surface area contributed by atoms with E-state index in [1.807, 2.05) is 53.0 Å². The van der Waals surface area contributed by atoms with Crippen molar-refractivity contribution >= 4 is 40.3 Å². The fourth-order valence-electron chi connectivity index (χ4n) is 6.94. The minimum Gasteiger partial charge on any atom is -0.487 e. The van der Waals surface area contributed by atoms with Gasteiger partial charge in [0, 0.05) is 49.1 Å². The maximum absolute atomic E-state index is 14.1. The third-order valence-electron chi connectivity index (χ3n) is 9.02. The summed E-state index contributed by atoms with van der Waals surface area (Å²) in [6, 6.07) is 11.1. The van der Waals surface area contributed by atoms with Crippen molar-refractivity contribution in [3.63, 3.8) is 0 Å². The van der Waals surface area contributed by atoms with Gasteiger partial charge in [-0.2, -0.15) is 5.10 Å². The van der Waals surface area contributed by atoms with Crippen LogP contribution in [-0.2, 0) is 34.5 Å². The van der Waals surface area contributed by atoms with Gasteiger partial charge in [-0.1, -0.05) is 42.6 Å². The van der Waals surface area contributed by atoms with Crippen molar-refractivity contribution in [1.29, 1.82) is 0 Å². The molecular formula is C31H35ClN4O5. The molecule has 2 amide bonds.